The van der Waals surface area contributed by atoms with Gasteiger partial charge in [-0.25, -0.2) is 9.59 Å². The lowest BCUT2D eigenvalue weighted by molar-refractivity contribution is 0.0316. The summed E-state index contributed by atoms with van der Waals surface area (Å²) in [6.07, 6.45) is -1.07. The van der Waals surface area contributed by atoms with Crippen LogP contribution >= 0.6 is 0 Å². The molecule has 2 N–H and O–H groups in total. The van der Waals surface area contributed by atoms with Gasteiger partial charge in [-0.05, 0) is 44.5 Å². The van der Waals surface area contributed by atoms with Gasteiger partial charge in [0.2, 0.25) is 5.78 Å². The Labute approximate surface area is 144 Å². The minimum absolute atomic E-state index is 0.0769. The molecule has 1 aromatic carbocycles. The molecule has 132 valence electrons. The average molecular weight is 345 g/mol. The number of methoxy groups -OCH3 is 1. The molecular weight excluding hydrogens is 326 g/mol. The normalized spacial score (nSPS) is 11.7. The third-order valence-electron chi connectivity index (χ3n) is 3.81. The summed E-state index contributed by atoms with van der Waals surface area (Å²) in [5, 5.41) is 9.40. The largest absolute Gasteiger partial charge is 0.508 e. The number of aromatic nitrogens is 1. The van der Waals surface area contributed by atoms with Crippen molar-refractivity contribution in [3.05, 3.63) is 52.3 Å². The summed E-state index contributed by atoms with van der Waals surface area (Å²) in [4.78, 5) is 39.3. The number of hydrogen-bond acceptors (Lipinski definition) is 6. The first-order valence-electron chi connectivity index (χ1n) is 7.58. The number of aryl methyl sites for hydroxylation is 1. The second-order valence-electron chi connectivity index (χ2n) is 5.58. The maximum absolute atomic E-state index is 12.6. The van der Waals surface area contributed by atoms with Crippen molar-refractivity contribution in [3.8, 4) is 5.75 Å². The zero-order valence-electron chi connectivity index (χ0n) is 14.4. The molecule has 1 atom stereocenters. The molecule has 1 aromatic heterocycles. The van der Waals surface area contributed by atoms with E-state index in [0.29, 0.717) is 11.3 Å². The first-order valence-corrected chi connectivity index (χ1v) is 7.58. The first kappa shape index (κ1) is 18.3. The highest BCUT2D eigenvalue weighted by Gasteiger charge is 2.27. The van der Waals surface area contributed by atoms with Crippen LogP contribution in [0.3, 0.4) is 0 Å². The van der Waals surface area contributed by atoms with Crippen LogP contribution in [-0.4, -0.2) is 41.0 Å². The molecule has 0 amide bonds. The van der Waals surface area contributed by atoms with Gasteiger partial charge in [-0.1, -0.05) is 6.07 Å². The third-order valence-corrected chi connectivity index (χ3v) is 3.81. The molecule has 0 saturated heterocycles. The number of phenolic OH excluding ortho intramolecular Hbond substituents is 1. The molecule has 0 aliphatic heterocycles. The molecule has 0 radical (unpaired) electrons. The number of nitrogens with one attached hydrogen (secondary N) is 1. The van der Waals surface area contributed by atoms with Gasteiger partial charge in [0, 0.05) is 5.69 Å². The van der Waals surface area contributed by atoms with Gasteiger partial charge in [-0.3, -0.25) is 4.79 Å². The van der Waals surface area contributed by atoms with Crippen LogP contribution in [0.4, 0.5) is 0 Å². The molecule has 0 unspecified atom stereocenters. The molecular formula is C18H19NO6. The van der Waals surface area contributed by atoms with E-state index in [9.17, 15) is 19.5 Å². The number of esters is 2. The van der Waals surface area contributed by atoms with Crippen molar-refractivity contribution in [1.29, 1.82) is 0 Å². The van der Waals surface area contributed by atoms with Gasteiger partial charge in [-0.2, -0.15) is 0 Å². The number of aromatic amines is 1. The van der Waals surface area contributed by atoms with Gasteiger partial charge < -0.3 is 19.6 Å². The Hall–Kier alpha value is -3.09. The molecule has 7 nitrogen and oxygen atoms in total. The van der Waals surface area contributed by atoms with E-state index in [1.54, 1.807) is 13.8 Å². The number of rotatable bonds is 5. The Balaban J connectivity index is 2.20. The number of H-pyrrole nitrogens is 1. The molecule has 0 saturated carbocycles. The Morgan fingerprint density at radius 2 is 1.84 bits per heavy atom. The summed E-state index contributed by atoms with van der Waals surface area (Å²) in [7, 11) is 1.26. The lowest BCUT2D eigenvalue weighted by Gasteiger charge is -2.12. The fourth-order valence-corrected chi connectivity index (χ4v) is 2.52. The zero-order valence-corrected chi connectivity index (χ0v) is 14.4. The maximum Gasteiger partial charge on any atom is 0.339 e. The summed E-state index contributed by atoms with van der Waals surface area (Å²) >= 11 is 0. The number of hydrogen-bond donors (Lipinski definition) is 2. The molecule has 2 rings (SSSR count). The van der Waals surface area contributed by atoms with Crippen LogP contribution in [0, 0.1) is 13.8 Å². The fourth-order valence-electron chi connectivity index (χ4n) is 2.52. The highest BCUT2D eigenvalue weighted by molar-refractivity contribution is 6.04. The smallest absolute Gasteiger partial charge is 0.339 e. The molecule has 7 heteroatoms. The first-order chi connectivity index (χ1) is 11.8. The lowest BCUT2D eigenvalue weighted by atomic mass is 10.1. The molecule has 25 heavy (non-hydrogen) atoms. The summed E-state index contributed by atoms with van der Waals surface area (Å²) in [5.74, 6) is -1.82. The molecule has 0 bridgehead atoms. The van der Waals surface area contributed by atoms with Crippen LogP contribution in [0.5, 0.6) is 5.75 Å². The van der Waals surface area contributed by atoms with E-state index in [1.807, 2.05) is 0 Å². The lowest BCUT2D eigenvalue weighted by Crippen LogP contribution is -2.25. The number of aromatic hydroxyl groups is 1. The van der Waals surface area contributed by atoms with Crippen molar-refractivity contribution in [2.24, 2.45) is 0 Å². The van der Waals surface area contributed by atoms with Gasteiger partial charge in [0.25, 0.3) is 0 Å². The van der Waals surface area contributed by atoms with Crippen LogP contribution in [0.2, 0.25) is 0 Å². The number of Topliss-reactive ketones (excluding diaryl/α,β-unsaturated/α-hetero) is 1. The highest BCUT2D eigenvalue weighted by Crippen LogP contribution is 2.21. The van der Waals surface area contributed by atoms with Crippen molar-refractivity contribution < 1.29 is 29.0 Å². The fraction of sp³-hybridized carbons (Fsp3) is 0.278. The number of carbonyl (C=O) groups is 3. The molecule has 2 aromatic rings. The maximum atomic E-state index is 12.6. The molecule has 0 aliphatic carbocycles. The zero-order chi connectivity index (χ0) is 18.7. The van der Waals surface area contributed by atoms with E-state index < -0.39 is 23.8 Å². The van der Waals surface area contributed by atoms with Crippen molar-refractivity contribution in [3.63, 3.8) is 0 Å². The standard InChI is InChI=1S/C18H19NO6/c1-9-14(18(23)24-4)10(2)19-15(9)16(21)11(3)25-17(22)12-6-5-7-13(20)8-12/h5-8,11,19-20H,1-4H3/t11-/m1/s1. The number of benzene rings is 1. The van der Waals surface area contributed by atoms with E-state index >= 15 is 0 Å². The van der Waals surface area contributed by atoms with Gasteiger partial charge in [0.05, 0.1) is 23.9 Å². The van der Waals surface area contributed by atoms with Crippen LogP contribution in [-0.2, 0) is 9.47 Å². The van der Waals surface area contributed by atoms with Crippen LogP contribution < -0.4 is 0 Å². The predicted molar refractivity (Wildman–Crippen MR) is 88.9 cm³/mol. The SMILES string of the molecule is COC(=O)c1c(C)[nH]c(C(=O)[C@@H](C)OC(=O)c2cccc(O)c2)c1C. The van der Waals surface area contributed by atoms with E-state index in [1.165, 1.54) is 38.3 Å². The van der Waals surface area contributed by atoms with Crippen molar-refractivity contribution in [2.75, 3.05) is 7.11 Å². The summed E-state index contributed by atoms with van der Waals surface area (Å²) in [6.45, 7) is 4.71. The Kier molecular flexibility index (Phi) is 5.26. The van der Waals surface area contributed by atoms with Crippen molar-refractivity contribution >= 4 is 17.7 Å². The topological polar surface area (TPSA) is 106 Å². The molecule has 1 heterocycles. The Bertz CT molecular complexity index is 836. The Morgan fingerprint density at radius 1 is 1.16 bits per heavy atom. The van der Waals surface area contributed by atoms with Crippen molar-refractivity contribution in [1.82, 2.24) is 4.98 Å². The van der Waals surface area contributed by atoms with E-state index in [0.717, 1.165) is 0 Å². The van der Waals surface area contributed by atoms with Crippen LogP contribution in [0.15, 0.2) is 24.3 Å². The third kappa shape index (κ3) is 3.71. The highest BCUT2D eigenvalue weighted by atomic mass is 16.5. The second kappa shape index (κ2) is 7.21. The quantitative estimate of drug-likeness (QED) is 0.637. The predicted octanol–water partition coefficient (Wildman–Crippen LogP) is 2.55. The van der Waals surface area contributed by atoms with Gasteiger partial charge in [0.1, 0.15) is 5.75 Å². The van der Waals surface area contributed by atoms with Gasteiger partial charge in [0.15, 0.2) is 6.10 Å². The molecule has 0 aliphatic rings. The average Bonchev–Trinajstić information content (AvgIpc) is 2.87. The number of phenols is 1. The minimum Gasteiger partial charge on any atom is -0.508 e. The van der Waals surface area contributed by atoms with E-state index in [2.05, 4.69) is 4.98 Å². The van der Waals surface area contributed by atoms with E-state index in [4.69, 9.17) is 9.47 Å². The minimum atomic E-state index is -1.07. The Morgan fingerprint density at radius 3 is 2.44 bits per heavy atom. The monoisotopic (exact) mass is 345 g/mol. The number of ketones is 1. The molecule has 0 fully saturated rings. The molecule has 0 spiro atoms. The van der Waals surface area contributed by atoms with Gasteiger partial charge >= 0.3 is 11.9 Å². The second-order valence-corrected chi connectivity index (χ2v) is 5.58. The number of carbonyl (C=O) groups excluding carboxylic acids is 3. The van der Waals surface area contributed by atoms with E-state index in [-0.39, 0.29) is 22.6 Å². The summed E-state index contributed by atoms with van der Waals surface area (Å²) < 4.78 is 9.87. The summed E-state index contributed by atoms with van der Waals surface area (Å²) in [5.41, 5.74) is 1.55. The number of ether oxygens (including phenoxy) is 2. The van der Waals surface area contributed by atoms with Gasteiger partial charge in [-0.15, -0.1) is 0 Å². The van der Waals surface area contributed by atoms with Crippen LogP contribution in [0.25, 0.3) is 0 Å². The van der Waals surface area contributed by atoms with Crippen LogP contribution in [0.1, 0.15) is 49.4 Å². The summed E-state index contributed by atoms with van der Waals surface area (Å²) in [6, 6.07) is 5.64. The van der Waals surface area contributed by atoms with Crippen molar-refractivity contribution in [2.45, 2.75) is 26.9 Å².